The van der Waals surface area contributed by atoms with Crippen molar-refractivity contribution in [3.63, 3.8) is 0 Å². The van der Waals surface area contributed by atoms with Crippen LogP contribution in [0.1, 0.15) is 12.6 Å². The fourth-order valence-electron chi connectivity index (χ4n) is 1.39. The molecule has 2 rings (SSSR count). The summed E-state index contributed by atoms with van der Waals surface area (Å²) < 4.78 is 2.62. The van der Waals surface area contributed by atoms with E-state index in [0.717, 1.165) is 22.5 Å². The Hall–Kier alpha value is -0.910. The molecule has 0 aliphatic rings. The number of pyridine rings is 1. The lowest BCUT2D eigenvalue weighted by atomic mass is 10.3. The van der Waals surface area contributed by atoms with E-state index < -0.39 is 0 Å². The Bertz CT molecular complexity index is 512. The first-order valence-corrected chi connectivity index (χ1v) is 6.44. The van der Waals surface area contributed by atoms with Crippen LogP contribution in [0.15, 0.2) is 29.0 Å². The van der Waals surface area contributed by atoms with Gasteiger partial charge in [0, 0.05) is 12.7 Å². The van der Waals surface area contributed by atoms with E-state index in [-0.39, 0.29) is 0 Å². The molecule has 2 heterocycles. The normalized spacial score (nSPS) is 10.8. The van der Waals surface area contributed by atoms with Gasteiger partial charge in [-0.05, 0) is 34.6 Å². The summed E-state index contributed by atoms with van der Waals surface area (Å²) in [5.74, 6) is 0.757. The molecule has 6 heteroatoms. The second kappa shape index (κ2) is 5.62. The first kappa shape index (κ1) is 12.5. The van der Waals surface area contributed by atoms with Crippen molar-refractivity contribution in [1.82, 2.24) is 20.1 Å². The Kier molecular flexibility index (Phi) is 4.15. The lowest BCUT2D eigenvalue weighted by molar-refractivity contribution is 0.704. The number of rotatable bonds is 4. The van der Waals surface area contributed by atoms with Crippen molar-refractivity contribution in [1.29, 1.82) is 0 Å². The average molecular weight is 316 g/mol. The molecule has 0 fully saturated rings. The Morgan fingerprint density at radius 3 is 2.94 bits per heavy atom. The Labute approximate surface area is 113 Å². The molecule has 0 spiro atoms. The smallest absolute Gasteiger partial charge is 0.153 e. The molecule has 0 unspecified atom stereocenters. The van der Waals surface area contributed by atoms with E-state index in [0.29, 0.717) is 11.6 Å². The van der Waals surface area contributed by atoms with Gasteiger partial charge in [0.25, 0.3) is 0 Å². The highest BCUT2D eigenvalue weighted by atomic mass is 79.9. The molecule has 0 aliphatic heterocycles. The molecule has 2 aromatic heterocycles. The number of nitrogens with one attached hydrogen (secondary N) is 1. The molecule has 0 bridgehead atoms. The van der Waals surface area contributed by atoms with Crippen molar-refractivity contribution in [2.75, 3.05) is 6.54 Å². The molecule has 0 atom stereocenters. The van der Waals surface area contributed by atoms with Gasteiger partial charge in [-0.3, -0.25) is 0 Å². The van der Waals surface area contributed by atoms with E-state index in [1.54, 1.807) is 10.9 Å². The summed E-state index contributed by atoms with van der Waals surface area (Å²) >= 11 is 9.44. The van der Waals surface area contributed by atoms with Gasteiger partial charge in [0.15, 0.2) is 5.82 Å². The summed E-state index contributed by atoms with van der Waals surface area (Å²) in [6.45, 7) is 3.59. The summed E-state index contributed by atoms with van der Waals surface area (Å²) in [6.07, 6.45) is 3.58. The monoisotopic (exact) mass is 314 g/mol. The second-order valence-corrected chi connectivity index (χ2v) is 4.80. The highest BCUT2D eigenvalue weighted by Gasteiger charge is 2.06. The van der Waals surface area contributed by atoms with Crippen LogP contribution in [0, 0.1) is 0 Å². The Morgan fingerprint density at radius 1 is 1.47 bits per heavy atom. The molecule has 1 N–H and O–H groups in total. The SMILES string of the molecule is CCNCc1nc(-n2cc(Br)cn2)ccc1Cl. The van der Waals surface area contributed by atoms with Crippen LogP contribution in [0.3, 0.4) is 0 Å². The first-order valence-electron chi connectivity index (χ1n) is 5.27. The quantitative estimate of drug-likeness (QED) is 0.943. The highest BCUT2D eigenvalue weighted by Crippen LogP contribution is 2.17. The molecular formula is C11H12BrClN4. The van der Waals surface area contributed by atoms with Gasteiger partial charge in [-0.15, -0.1) is 0 Å². The molecule has 0 saturated carbocycles. The van der Waals surface area contributed by atoms with E-state index in [1.165, 1.54) is 0 Å². The zero-order chi connectivity index (χ0) is 12.3. The lowest BCUT2D eigenvalue weighted by Gasteiger charge is -2.07. The van der Waals surface area contributed by atoms with Gasteiger partial charge in [-0.25, -0.2) is 9.67 Å². The number of hydrogen-bond donors (Lipinski definition) is 1. The molecule has 2 aromatic rings. The average Bonchev–Trinajstić information content (AvgIpc) is 2.75. The maximum absolute atomic E-state index is 6.08. The van der Waals surface area contributed by atoms with Crippen molar-refractivity contribution < 1.29 is 0 Å². The first-order chi connectivity index (χ1) is 8.20. The molecule has 0 aliphatic carbocycles. The predicted molar refractivity (Wildman–Crippen MR) is 71.4 cm³/mol. The summed E-state index contributed by atoms with van der Waals surface area (Å²) in [4.78, 5) is 4.48. The van der Waals surface area contributed by atoms with Crippen LogP contribution in [0.25, 0.3) is 5.82 Å². The van der Waals surface area contributed by atoms with Crippen LogP contribution in [0.2, 0.25) is 5.02 Å². The molecule has 0 radical (unpaired) electrons. The van der Waals surface area contributed by atoms with E-state index in [2.05, 4.69) is 31.3 Å². The fraction of sp³-hybridized carbons (Fsp3) is 0.273. The van der Waals surface area contributed by atoms with Crippen molar-refractivity contribution in [3.05, 3.63) is 39.7 Å². The number of aromatic nitrogens is 3. The van der Waals surface area contributed by atoms with Crippen LogP contribution < -0.4 is 5.32 Å². The lowest BCUT2D eigenvalue weighted by Crippen LogP contribution is -2.14. The predicted octanol–water partition coefficient (Wildman–Crippen LogP) is 2.79. The molecule has 0 aromatic carbocycles. The third-order valence-electron chi connectivity index (χ3n) is 2.23. The van der Waals surface area contributed by atoms with Gasteiger partial charge in [-0.2, -0.15) is 5.10 Å². The van der Waals surface area contributed by atoms with Gasteiger partial charge in [0.05, 0.1) is 21.4 Å². The van der Waals surface area contributed by atoms with E-state index in [4.69, 9.17) is 11.6 Å². The molecule has 0 saturated heterocycles. The standard InChI is InChI=1S/C11H12BrClN4/c1-2-14-6-10-9(13)3-4-11(16-10)17-7-8(12)5-15-17/h3-5,7,14H,2,6H2,1H3. The van der Waals surface area contributed by atoms with Crippen LogP contribution in [-0.2, 0) is 6.54 Å². The van der Waals surface area contributed by atoms with Crippen LogP contribution in [-0.4, -0.2) is 21.3 Å². The topological polar surface area (TPSA) is 42.7 Å². The largest absolute Gasteiger partial charge is 0.311 e. The van der Waals surface area contributed by atoms with Crippen molar-refractivity contribution in [3.8, 4) is 5.82 Å². The number of nitrogens with zero attached hydrogens (tertiary/aromatic N) is 3. The highest BCUT2D eigenvalue weighted by molar-refractivity contribution is 9.10. The van der Waals surface area contributed by atoms with Gasteiger partial charge >= 0.3 is 0 Å². The van der Waals surface area contributed by atoms with E-state index >= 15 is 0 Å². The zero-order valence-corrected chi connectivity index (χ0v) is 11.7. The summed E-state index contributed by atoms with van der Waals surface area (Å²) in [7, 11) is 0. The molecule has 90 valence electrons. The molecule has 17 heavy (non-hydrogen) atoms. The van der Waals surface area contributed by atoms with E-state index in [1.807, 2.05) is 25.3 Å². The van der Waals surface area contributed by atoms with Gasteiger partial charge in [-0.1, -0.05) is 18.5 Å². The summed E-state index contributed by atoms with van der Waals surface area (Å²) in [5.41, 5.74) is 0.831. The minimum Gasteiger partial charge on any atom is -0.311 e. The maximum Gasteiger partial charge on any atom is 0.153 e. The summed E-state index contributed by atoms with van der Waals surface area (Å²) in [6, 6.07) is 3.68. The van der Waals surface area contributed by atoms with Crippen molar-refractivity contribution >= 4 is 27.5 Å². The minimum atomic E-state index is 0.658. The number of hydrogen-bond acceptors (Lipinski definition) is 3. The molecule has 0 amide bonds. The fourth-order valence-corrected chi connectivity index (χ4v) is 1.85. The second-order valence-electron chi connectivity index (χ2n) is 3.48. The van der Waals surface area contributed by atoms with Crippen molar-refractivity contribution in [2.24, 2.45) is 0 Å². The minimum absolute atomic E-state index is 0.658. The maximum atomic E-state index is 6.08. The Morgan fingerprint density at radius 2 is 2.29 bits per heavy atom. The third-order valence-corrected chi connectivity index (χ3v) is 2.99. The van der Waals surface area contributed by atoms with Gasteiger partial charge in [0.1, 0.15) is 0 Å². The number of halogens is 2. The Balaban J connectivity index is 2.30. The molecular weight excluding hydrogens is 304 g/mol. The van der Waals surface area contributed by atoms with Crippen LogP contribution in [0.5, 0.6) is 0 Å². The summed E-state index contributed by atoms with van der Waals surface area (Å²) in [5, 5.41) is 8.05. The zero-order valence-electron chi connectivity index (χ0n) is 9.32. The van der Waals surface area contributed by atoms with Crippen LogP contribution in [0.4, 0.5) is 0 Å². The third kappa shape index (κ3) is 3.06. The van der Waals surface area contributed by atoms with Crippen LogP contribution >= 0.6 is 27.5 Å². The van der Waals surface area contributed by atoms with Gasteiger partial charge < -0.3 is 5.32 Å². The molecule has 4 nitrogen and oxygen atoms in total. The van der Waals surface area contributed by atoms with Crippen molar-refractivity contribution in [2.45, 2.75) is 13.5 Å². The van der Waals surface area contributed by atoms with Gasteiger partial charge in [0.2, 0.25) is 0 Å². The van der Waals surface area contributed by atoms with E-state index in [9.17, 15) is 0 Å².